The summed E-state index contributed by atoms with van der Waals surface area (Å²) in [7, 11) is 0. The van der Waals surface area contributed by atoms with Gasteiger partial charge in [0.15, 0.2) is 0 Å². The summed E-state index contributed by atoms with van der Waals surface area (Å²) in [5, 5.41) is 9.95. The molecule has 2 heterocycles. The van der Waals surface area contributed by atoms with Crippen LogP contribution in [0, 0.1) is 0 Å². The van der Waals surface area contributed by atoms with Gasteiger partial charge in [0.05, 0.1) is 9.94 Å². The van der Waals surface area contributed by atoms with Crippen LogP contribution in [0.15, 0.2) is 18.2 Å². The molecule has 0 aromatic carbocycles. The van der Waals surface area contributed by atoms with Crippen LogP contribution in [0.3, 0.4) is 0 Å². The number of thiophene rings is 1. The molecule has 98 valence electrons. The van der Waals surface area contributed by atoms with Crippen molar-refractivity contribution in [3.8, 4) is 0 Å². The van der Waals surface area contributed by atoms with Crippen molar-refractivity contribution < 1.29 is 9.90 Å². The summed E-state index contributed by atoms with van der Waals surface area (Å²) in [5.74, 6) is -0.0560. The van der Waals surface area contributed by atoms with Gasteiger partial charge in [-0.15, -0.1) is 11.3 Å². The normalized spacial score (nSPS) is 24.7. The molecular formula is C13H16ClNO2S. The van der Waals surface area contributed by atoms with Crippen LogP contribution in [-0.2, 0) is 4.79 Å². The molecule has 1 atom stereocenters. The number of amides is 1. The van der Waals surface area contributed by atoms with Crippen molar-refractivity contribution >= 4 is 34.9 Å². The predicted octanol–water partition coefficient (Wildman–Crippen LogP) is 2.79. The van der Waals surface area contributed by atoms with Gasteiger partial charge < -0.3 is 10.0 Å². The van der Waals surface area contributed by atoms with Crippen LogP contribution in [0.25, 0.3) is 6.08 Å². The first-order chi connectivity index (χ1) is 8.46. The first-order valence-electron chi connectivity index (χ1n) is 5.91. The van der Waals surface area contributed by atoms with Crippen LogP contribution < -0.4 is 0 Å². The van der Waals surface area contributed by atoms with Gasteiger partial charge >= 0.3 is 0 Å². The van der Waals surface area contributed by atoms with E-state index in [9.17, 15) is 9.90 Å². The minimum atomic E-state index is -0.756. The van der Waals surface area contributed by atoms with E-state index in [0.717, 1.165) is 17.7 Å². The van der Waals surface area contributed by atoms with Gasteiger partial charge in [0.2, 0.25) is 5.91 Å². The Morgan fingerprint density at radius 1 is 1.61 bits per heavy atom. The van der Waals surface area contributed by atoms with Gasteiger partial charge in [0.1, 0.15) is 0 Å². The summed E-state index contributed by atoms with van der Waals surface area (Å²) in [6.07, 6.45) is 4.91. The Bertz CT molecular complexity index is 467. The van der Waals surface area contributed by atoms with Crippen LogP contribution in [0.1, 0.15) is 24.6 Å². The van der Waals surface area contributed by atoms with E-state index in [-0.39, 0.29) is 5.91 Å². The second-order valence-electron chi connectivity index (χ2n) is 4.84. The van der Waals surface area contributed by atoms with Crippen LogP contribution in [0.5, 0.6) is 0 Å². The first kappa shape index (κ1) is 13.6. The smallest absolute Gasteiger partial charge is 0.246 e. The molecule has 1 aliphatic rings. The number of halogens is 1. The second kappa shape index (κ2) is 5.43. The van der Waals surface area contributed by atoms with Crippen LogP contribution in [-0.4, -0.2) is 34.6 Å². The molecule has 5 heteroatoms. The van der Waals surface area contributed by atoms with Crippen LogP contribution >= 0.6 is 22.9 Å². The zero-order valence-electron chi connectivity index (χ0n) is 10.2. The van der Waals surface area contributed by atoms with Crippen molar-refractivity contribution in [1.29, 1.82) is 0 Å². The molecule has 18 heavy (non-hydrogen) atoms. The van der Waals surface area contributed by atoms with E-state index in [0.29, 0.717) is 17.4 Å². The van der Waals surface area contributed by atoms with Gasteiger partial charge in [-0.2, -0.15) is 0 Å². The molecule has 2 rings (SSSR count). The number of nitrogens with zero attached hydrogens (tertiary/aromatic N) is 1. The van der Waals surface area contributed by atoms with Gasteiger partial charge in [-0.25, -0.2) is 0 Å². The average Bonchev–Trinajstić information content (AvgIpc) is 2.70. The highest BCUT2D eigenvalue weighted by atomic mass is 35.5. The van der Waals surface area contributed by atoms with E-state index in [1.807, 2.05) is 12.1 Å². The third-order valence-electron chi connectivity index (χ3n) is 2.97. The molecule has 1 aromatic heterocycles. The van der Waals surface area contributed by atoms with Gasteiger partial charge in [0, 0.05) is 24.0 Å². The summed E-state index contributed by atoms with van der Waals surface area (Å²) in [6.45, 7) is 2.89. The van der Waals surface area contributed by atoms with E-state index < -0.39 is 5.60 Å². The molecule has 0 aliphatic carbocycles. The van der Waals surface area contributed by atoms with Crippen LogP contribution in [0.2, 0.25) is 4.34 Å². The molecule has 1 N–H and O–H groups in total. The zero-order chi connectivity index (χ0) is 13.2. The Kier molecular flexibility index (Phi) is 4.10. The van der Waals surface area contributed by atoms with Gasteiger partial charge in [-0.05, 0) is 38.0 Å². The monoisotopic (exact) mass is 285 g/mol. The Morgan fingerprint density at radius 2 is 2.39 bits per heavy atom. The summed E-state index contributed by atoms with van der Waals surface area (Å²) in [4.78, 5) is 14.6. The van der Waals surface area contributed by atoms with Gasteiger partial charge in [0.25, 0.3) is 0 Å². The number of rotatable bonds is 2. The molecule has 1 amide bonds. The van der Waals surface area contributed by atoms with Crippen molar-refractivity contribution in [2.75, 3.05) is 13.1 Å². The minimum Gasteiger partial charge on any atom is -0.388 e. The van der Waals surface area contributed by atoms with Crippen molar-refractivity contribution in [2.45, 2.75) is 25.4 Å². The second-order valence-corrected chi connectivity index (χ2v) is 6.58. The van der Waals surface area contributed by atoms with Gasteiger partial charge in [-0.1, -0.05) is 11.6 Å². The average molecular weight is 286 g/mol. The standard InChI is InChI=1S/C13H16ClNO2S/c1-13(17)7-2-8-15(9-13)12(16)6-4-10-3-5-11(14)18-10/h3-6,17H,2,7-9H2,1H3/b6-4+. The number of aliphatic hydroxyl groups is 1. The number of hydrogen-bond donors (Lipinski definition) is 1. The lowest BCUT2D eigenvalue weighted by molar-refractivity contribution is -0.132. The number of likely N-dealkylation sites (tertiary alicyclic amines) is 1. The fourth-order valence-electron chi connectivity index (χ4n) is 2.08. The molecule has 3 nitrogen and oxygen atoms in total. The lowest BCUT2D eigenvalue weighted by Gasteiger charge is -2.36. The third kappa shape index (κ3) is 3.57. The molecule has 0 radical (unpaired) electrons. The fourth-order valence-corrected chi connectivity index (χ4v) is 3.05. The number of β-amino-alcohol motifs (C(OH)–C–C–N with tert-alkyl or cyclic N) is 1. The molecule has 1 aliphatic heterocycles. The first-order valence-corrected chi connectivity index (χ1v) is 7.10. The summed E-state index contributed by atoms with van der Waals surface area (Å²) >= 11 is 7.25. The SMILES string of the molecule is CC1(O)CCCN(C(=O)/C=C/c2ccc(Cl)s2)C1. The Morgan fingerprint density at radius 3 is 3.00 bits per heavy atom. The topological polar surface area (TPSA) is 40.5 Å². The fraction of sp³-hybridized carbons (Fsp3) is 0.462. The van der Waals surface area contributed by atoms with Crippen LogP contribution in [0.4, 0.5) is 0 Å². The highest BCUT2D eigenvalue weighted by Gasteiger charge is 2.29. The van der Waals surface area contributed by atoms with E-state index in [1.165, 1.54) is 11.3 Å². The quantitative estimate of drug-likeness (QED) is 0.849. The lowest BCUT2D eigenvalue weighted by atomic mass is 9.95. The number of carbonyl (C=O) groups excluding carboxylic acids is 1. The van der Waals surface area contributed by atoms with Crippen molar-refractivity contribution in [2.24, 2.45) is 0 Å². The summed E-state index contributed by atoms with van der Waals surface area (Å²) < 4.78 is 0.711. The molecule has 0 spiro atoms. The van der Waals surface area contributed by atoms with Crippen molar-refractivity contribution in [3.05, 3.63) is 27.4 Å². The van der Waals surface area contributed by atoms with Gasteiger partial charge in [-0.3, -0.25) is 4.79 Å². The predicted molar refractivity (Wildman–Crippen MR) is 74.8 cm³/mol. The van der Waals surface area contributed by atoms with Crippen molar-refractivity contribution in [1.82, 2.24) is 4.90 Å². The zero-order valence-corrected chi connectivity index (χ0v) is 11.8. The third-order valence-corrected chi connectivity index (χ3v) is 4.17. The molecule has 0 saturated carbocycles. The maximum atomic E-state index is 12.0. The maximum absolute atomic E-state index is 12.0. The largest absolute Gasteiger partial charge is 0.388 e. The maximum Gasteiger partial charge on any atom is 0.246 e. The highest BCUT2D eigenvalue weighted by molar-refractivity contribution is 7.17. The Hall–Kier alpha value is -0.840. The lowest BCUT2D eigenvalue weighted by Crippen LogP contribution is -2.48. The van der Waals surface area contributed by atoms with Crippen molar-refractivity contribution in [3.63, 3.8) is 0 Å². The van der Waals surface area contributed by atoms with E-state index in [4.69, 9.17) is 11.6 Å². The number of hydrogen-bond acceptors (Lipinski definition) is 3. The Balaban J connectivity index is 1.97. The molecular weight excluding hydrogens is 270 g/mol. The molecule has 1 fully saturated rings. The number of carbonyl (C=O) groups is 1. The number of piperidine rings is 1. The summed E-state index contributed by atoms with van der Waals surface area (Å²) in [6, 6.07) is 3.69. The molecule has 1 unspecified atom stereocenters. The molecule has 1 saturated heterocycles. The van der Waals surface area contributed by atoms with E-state index in [1.54, 1.807) is 24.0 Å². The van der Waals surface area contributed by atoms with E-state index in [2.05, 4.69) is 0 Å². The summed E-state index contributed by atoms with van der Waals surface area (Å²) in [5.41, 5.74) is -0.756. The Labute approximate surface area is 116 Å². The minimum absolute atomic E-state index is 0.0560. The van der Waals surface area contributed by atoms with E-state index >= 15 is 0 Å². The molecule has 1 aromatic rings. The highest BCUT2D eigenvalue weighted by Crippen LogP contribution is 2.23. The molecule has 0 bridgehead atoms.